The molecule has 0 spiro atoms. The number of aryl methyl sites for hydroxylation is 1. The first kappa shape index (κ1) is 26.4. The Morgan fingerprint density at radius 1 is 0.550 bits per heavy atom. The van der Waals surface area contributed by atoms with Gasteiger partial charge in [-0.1, -0.05) is 36.4 Å². The third-order valence-electron chi connectivity index (χ3n) is 6.46. The summed E-state index contributed by atoms with van der Waals surface area (Å²) in [4.78, 5) is 11.1. The Hall–Kier alpha value is -5.16. The number of aromatic nitrogens is 2. The lowest BCUT2D eigenvalue weighted by atomic mass is 10.1. The van der Waals surface area contributed by atoms with Crippen molar-refractivity contribution in [3.8, 4) is 22.9 Å². The number of hydrogen-bond acceptors (Lipinski definition) is 5. The van der Waals surface area contributed by atoms with Gasteiger partial charge in [-0.2, -0.15) is 0 Å². The summed E-state index contributed by atoms with van der Waals surface area (Å²) in [6, 6.07) is 32.7. The largest absolute Gasteiger partial charge is 0.497 e. The van der Waals surface area contributed by atoms with Gasteiger partial charge in [0.05, 0.1) is 25.6 Å². The summed E-state index contributed by atoms with van der Waals surface area (Å²) >= 11 is 0. The van der Waals surface area contributed by atoms with Crippen LogP contribution in [0.15, 0.2) is 122 Å². The molecule has 0 saturated carbocycles. The normalized spacial score (nSPS) is 11.2. The Balaban J connectivity index is 1.33. The highest BCUT2D eigenvalue weighted by atomic mass is 16.5. The van der Waals surface area contributed by atoms with E-state index in [9.17, 15) is 0 Å². The first-order chi connectivity index (χ1) is 19.6. The molecule has 198 valence electrons. The van der Waals surface area contributed by atoms with E-state index in [2.05, 4.69) is 82.5 Å². The van der Waals surface area contributed by atoms with E-state index in [0.29, 0.717) is 0 Å². The van der Waals surface area contributed by atoms with Crippen LogP contribution < -0.4 is 14.4 Å². The molecule has 0 atom stereocenters. The predicted molar refractivity (Wildman–Crippen MR) is 165 cm³/mol. The van der Waals surface area contributed by atoms with E-state index in [1.165, 1.54) is 0 Å². The number of ether oxygens (including phenoxy) is 2. The van der Waals surface area contributed by atoms with Gasteiger partial charge < -0.3 is 14.4 Å². The lowest BCUT2D eigenvalue weighted by Crippen LogP contribution is -2.09. The van der Waals surface area contributed by atoms with Gasteiger partial charge in [0.1, 0.15) is 11.5 Å². The van der Waals surface area contributed by atoms with E-state index in [-0.39, 0.29) is 0 Å². The zero-order chi connectivity index (χ0) is 27.7. The molecule has 0 aliphatic carbocycles. The van der Waals surface area contributed by atoms with Crippen LogP contribution in [0.25, 0.3) is 23.5 Å². The van der Waals surface area contributed by atoms with Gasteiger partial charge >= 0.3 is 0 Å². The summed E-state index contributed by atoms with van der Waals surface area (Å²) in [5.74, 6) is 1.64. The third-order valence-corrected chi connectivity index (χ3v) is 6.46. The van der Waals surface area contributed by atoms with Crippen molar-refractivity contribution >= 4 is 29.2 Å². The van der Waals surface area contributed by atoms with E-state index in [0.717, 1.165) is 56.6 Å². The van der Waals surface area contributed by atoms with Crippen molar-refractivity contribution in [1.82, 2.24) is 9.97 Å². The van der Waals surface area contributed by atoms with Crippen LogP contribution in [-0.2, 0) is 0 Å². The molecule has 0 fully saturated rings. The number of benzene rings is 3. The number of methoxy groups -OCH3 is 2. The molecule has 0 amide bonds. The van der Waals surface area contributed by atoms with Crippen molar-refractivity contribution in [1.29, 1.82) is 0 Å². The summed E-state index contributed by atoms with van der Waals surface area (Å²) in [6.45, 7) is 2.06. The lowest BCUT2D eigenvalue weighted by Gasteiger charge is -2.26. The quantitative estimate of drug-likeness (QED) is 0.180. The average Bonchev–Trinajstić information content (AvgIpc) is 3.01. The van der Waals surface area contributed by atoms with Gasteiger partial charge in [-0.25, -0.2) is 0 Å². The second-order valence-corrected chi connectivity index (χ2v) is 9.23. The average molecular weight is 526 g/mol. The minimum absolute atomic E-state index is 0.821. The minimum atomic E-state index is 0.821. The monoisotopic (exact) mass is 525 g/mol. The molecule has 0 saturated heterocycles. The second-order valence-electron chi connectivity index (χ2n) is 9.23. The third kappa shape index (κ3) is 6.45. The maximum atomic E-state index is 5.36. The molecule has 0 aliphatic rings. The molecule has 3 aromatic carbocycles. The molecule has 2 aromatic heterocycles. The first-order valence-electron chi connectivity index (χ1n) is 13.0. The highest BCUT2D eigenvalue weighted by Gasteiger charge is 2.13. The molecule has 0 N–H and O–H groups in total. The van der Waals surface area contributed by atoms with Crippen molar-refractivity contribution in [2.75, 3.05) is 19.1 Å². The zero-order valence-corrected chi connectivity index (χ0v) is 22.9. The SMILES string of the molecule is COc1ccc(N(c2ccc(/C=C/C=C/c3ccnc(-c4cc(C)ccn4)c3)cc2)c2ccc(OC)cc2)cc1. The van der Waals surface area contributed by atoms with Gasteiger partial charge in [-0.15, -0.1) is 0 Å². The summed E-state index contributed by atoms with van der Waals surface area (Å²) in [6.07, 6.45) is 11.9. The highest BCUT2D eigenvalue weighted by Crippen LogP contribution is 2.36. The topological polar surface area (TPSA) is 47.5 Å². The van der Waals surface area contributed by atoms with Crippen LogP contribution in [0.4, 0.5) is 17.1 Å². The van der Waals surface area contributed by atoms with Crippen LogP contribution in [0.2, 0.25) is 0 Å². The Morgan fingerprint density at radius 3 is 1.55 bits per heavy atom. The summed E-state index contributed by atoms with van der Waals surface area (Å²) in [7, 11) is 3.35. The Bertz CT molecular complexity index is 1560. The smallest absolute Gasteiger partial charge is 0.119 e. The molecular weight excluding hydrogens is 494 g/mol. The van der Waals surface area contributed by atoms with Gasteiger partial charge in [0.25, 0.3) is 0 Å². The van der Waals surface area contributed by atoms with Crippen LogP contribution in [0.5, 0.6) is 11.5 Å². The molecule has 5 rings (SSSR count). The van der Waals surface area contributed by atoms with E-state index in [1.807, 2.05) is 73.1 Å². The summed E-state index contributed by atoms with van der Waals surface area (Å²) in [5, 5.41) is 0. The van der Waals surface area contributed by atoms with Gasteiger partial charge in [-0.3, -0.25) is 9.97 Å². The standard InChI is InChI=1S/C35H31N3O2/c1-26-20-22-36-34(24-26)35-25-28(21-23-37-35)7-5-4-6-27-8-10-29(11-9-27)38(30-12-16-32(39-2)17-13-30)31-14-18-33(40-3)19-15-31/h4-25H,1-3H3/b6-4+,7-5+. The van der Waals surface area contributed by atoms with E-state index in [1.54, 1.807) is 14.2 Å². The summed E-state index contributed by atoms with van der Waals surface area (Å²) < 4.78 is 10.7. The van der Waals surface area contributed by atoms with Crippen molar-refractivity contribution in [2.24, 2.45) is 0 Å². The van der Waals surface area contributed by atoms with Gasteiger partial charge in [0.15, 0.2) is 0 Å². The first-order valence-corrected chi connectivity index (χ1v) is 13.0. The fourth-order valence-corrected chi connectivity index (χ4v) is 4.34. The fraction of sp³-hybridized carbons (Fsp3) is 0.0857. The number of anilines is 3. The summed E-state index contributed by atoms with van der Waals surface area (Å²) in [5.41, 5.74) is 8.22. The molecule has 5 nitrogen and oxygen atoms in total. The number of hydrogen-bond donors (Lipinski definition) is 0. The number of nitrogens with zero attached hydrogens (tertiary/aromatic N) is 3. The minimum Gasteiger partial charge on any atom is -0.497 e. The number of allylic oxidation sites excluding steroid dienone is 2. The van der Waals surface area contributed by atoms with Crippen molar-refractivity contribution in [2.45, 2.75) is 6.92 Å². The van der Waals surface area contributed by atoms with Crippen molar-refractivity contribution in [3.05, 3.63) is 138 Å². The fourth-order valence-electron chi connectivity index (χ4n) is 4.34. The molecule has 40 heavy (non-hydrogen) atoms. The molecule has 5 heteroatoms. The number of rotatable bonds is 9. The zero-order valence-electron chi connectivity index (χ0n) is 22.9. The Morgan fingerprint density at radius 2 is 1.02 bits per heavy atom. The molecule has 0 unspecified atom stereocenters. The van der Waals surface area contributed by atoms with Crippen LogP contribution in [0.1, 0.15) is 16.7 Å². The van der Waals surface area contributed by atoms with Crippen LogP contribution in [0.3, 0.4) is 0 Å². The molecule has 2 heterocycles. The van der Waals surface area contributed by atoms with E-state index < -0.39 is 0 Å². The lowest BCUT2D eigenvalue weighted by molar-refractivity contribution is 0.415. The molecule has 0 radical (unpaired) electrons. The van der Waals surface area contributed by atoms with E-state index in [4.69, 9.17) is 9.47 Å². The molecule has 5 aromatic rings. The van der Waals surface area contributed by atoms with Gasteiger partial charge in [-0.05, 0) is 109 Å². The van der Waals surface area contributed by atoms with Crippen LogP contribution >= 0.6 is 0 Å². The van der Waals surface area contributed by atoms with E-state index >= 15 is 0 Å². The molecule has 0 aliphatic heterocycles. The van der Waals surface area contributed by atoms with Crippen molar-refractivity contribution < 1.29 is 9.47 Å². The maximum Gasteiger partial charge on any atom is 0.119 e. The number of pyridine rings is 2. The van der Waals surface area contributed by atoms with Crippen LogP contribution in [-0.4, -0.2) is 24.2 Å². The van der Waals surface area contributed by atoms with Gasteiger partial charge in [0, 0.05) is 29.5 Å². The second kappa shape index (κ2) is 12.6. The Kier molecular flexibility index (Phi) is 8.32. The highest BCUT2D eigenvalue weighted by molar-refractivity contribution is 5.77. The van der Waals surface area contributed by atoms with Gasteiger partial charge in [0.2, 0.25) is 0 Å². The molecule has 0 bridgehead atoms. The van der Waals surface area contributed by atoms with Crippen molar-refractivity contribution in [3.63, 3.8) is 0 Å². The van der Waals surface area contributed by atoms with Crippen LogP contribution in [0, 0.1) is 6.92 Å². The predicted octanol–water partition coefficient (Wildman–Crippen LogP) is 8.67. The molecular formula is C35H31N3O2. The Labute approximate surface area is 235 Å². The maximum absolute atomic E-state index is 5.36.